The van der Waals surface area contributed by atoms with Crippen molar-refractivity contribution in [1.82, 2.24) is 15.0 Å². The first kappa shape index (κ1) is 33.6. The lowest BCUT2D eigenvalue weighted by atomic mass is 9.92. The van der Waals surface area contributed by atoms with Crippen LogP contribution in [0.3, 0.4) is 0 Å². The highest BCUT2D eigenvalue weighted by molar-refractivity contribution is 7.26. The number of thiophene rings is 1. The maximum atomic E-state index is 5.72. The summed E-state index contributed by atoms with van der Waals surface area (Å²) in [5.41, 5.74) is 10.00. The van der Waals surface area contributed by atoms with Crippen LogP contribution in [0.5, 0.6) is 0 Å². The summed E-state index contributed by atoms with van der Waals surface area (Å²) < 4.78 is 2.47. The number of benzene rings is 9. The van der Waals surface area contributed by atoms with Crippen molar-refractivity contribution in [3.05, 3.63) is 200 Å². The summed E-state index contributed by atoms with van der Waals surface area (Å²) >= 11 is 1.84. The van der Waals surface area contributed by atoms with Crippen LogP contribution in [-0.4, -0.2) is 15.0 Å². The van der Waals surface area contributed by atoms with Crippen LogP contribution in [0.15, 0.2) is 200 Å². The van der Waals surface area contributed by atoms with Crippen LogP contribution in [0.1, 0.15) is 0 Å². The lowest BCUT2D eigenvalue weighted by molar-refractivity contribution is 1.18. The summed E-state index contributed by atoms with van der Waals surface area (Å²) in [6.45, 7) is 0. The zero-order valence-electron chi connectivity index (χ0n) is 31.8. The fourth-order valence-electron chi connectivity index (χ4n) is 8.87. The highest BCUT2D eigenvalue weighted by Gasteiger charge is 2.21. The van der Waals surface area contributed by atoms with E-state index in [1.54, 1.807) is 0 Å². The highest BCUT2D eigenvalue weighted by Crippen LogP contribution is 2.46. The molecule has 0 aliphatic carbocycles. The number of hydrogen-bond donors (Lipinski definition) is 0. The molecule has 59 heavy (non-hydrogen) atoms. The minimum absolute atomic E-state index is 0.676. The third-order valence-corrected chi connectivity index (χ3v) is 12.9. The molecule has 9 aromatic carbocycles. The van der Waals surface area contributed by atoms with Gasteiger partial charge in [-0.3, -0.25) is 0 Å². The van der Waals surface area contributed by atoms with E-state index in [0.717, 1.165) is 55.8 Å². The van der Waals surface area contributed by atoms with Crippen molar-refractivity contribution in [3.8, 4) is 56.3 Å². The number of aromatic nitrogens is 3. The van der Waals surface area contributed by atoms with Gasteiger partial charge < -0.3 is 0 Å². The van der Waals surface area contributed by atoms with Crippen molar-refractivity contribution >= 4 is 74.7 Å². The molecule has 12 aromatic rings. The molecule has 0 atom stereocenters. The summed E-state index contributed by atoms with van der Waals surface area (Å²) in [6.07, 6.45) is 0. The topological polar surface area (TPSA) is 38.7 Å². The Bertz CT molecular complexity index is 3560. The Kier molecular flexibility index (Phi) is 7.72. The molecule has 0 saturated heterocycles. The second-order valence-electron chi connectivity index (χ2n) is 15.1. The Morgan fingerprint density at radius 3 is 1.56 bits per heavy atom. The van der Waals surface area contributed by atoms with Crippen molar-refractivity contribution in [2.24, 2.45) is 0 Å². The molecule has 0 aliphatic rings. The Labute approximate surface area is 344 Å². The van der Waals surface area contributed by atoms with Crippen LogP contribution in [0.2, 0.25) is 0 Å². The minimum Gasteiger partial charge on any atom is -0.246 e. The van der Waals surface area contributed by atoms with E-state index in [2.05, 4.69) is 188 Å². The van der Waals surface area contributed by atoms with Gasteiger partial charge in [-0.2, -0.15) is 0 Å². The number of hydrogen-bond acceptors (Lipinski definition) is 4. The molecule has 0 N–H and O–H groups in total. The van der Waals surface area contributed by atoms with E-state index in [1.807, 2.05) is 23.5 Å². The molecule has 3 nitrogen and oxygen atoms in total. The first-order valence-electron chi connectivity index (χ1n) is 19.9. The normalized spacial score (nSPS) is 11.7. The molecule has 0 amide bonds. The zero-order chi connectivity index (χ0) is 38.9. The first-order valence-corrected chi connectivity index (χ1v) is 20.8. The van der Waals surface area contributed by atoms with Crippen LogP contribution >= 0.6 is 11.3 Å². The van der Waals surface area contributed by atoms with Gasteiger partial charge in [0, 0.05) is 47.8 Å². The quantitative estimate of drug-likeness (QED) is 0.164. The number of nitrogens with zero attached hydrogens (tertiary/aromatic N) is 3. The van der Waals surface area contributed by atoms with Gasteiger partial charge in [-0.1, -0.05) is 182 Å². The van der Waals surface area contributed by atoms with Gasteiger partial charge >= 0.3 is 0 Å². The van der Waals surface area contributed by atoms with E-state index in [9.17, 15) is 0 Å². The summed E-state index contributed by atoms with van der Waals surface area (Å²) in [4.78, 5) is 16.2. The van der Waals surface area contributed by atoms with Gasteiger partial charge in [0.05, 0.1) is 22.6 Å². The molecule has 0 saturated carbocycles. The average molecular weight is 768 g/mol. The zero-order valence-corrected chi connectivity index (χ0v) is 32.6. The number of pyridine rings is 1. The first-order chi connectivity index (χ1) is 29.2. The molecule has 0 bridgehead atoms. The Morgan fingerprint density at radius 1 is 0.322 bits per heavy atom. The number of rotatable bonds is 5. The van der Waals surface area contributed by atoms with Crippen LogP contribution < -0.4 is 0 Å². The van der Waals surface area contributed by atoms with E-state index in [4.69, 9.17) is 15.0 Å². The Balaban J connectivity index is 1.12. The molecule has 0 fully saturated rings. The van der Waals surface area contributed by atoms with Crippen molar-refractivity contribution in [3.63, 3.8) is 0 Å². The summed E-state index contributed by atoms with van der Waals surface area (Å²) in [5, 5.41) is 11.0. The van der Waals surface area contributed by atoms with E-state index in [1.165, 1.54) is 58.1 Å². The molecule has 0 radical (unpaired) electrons. The van der Waals surface area contributed by atoms with Gasteiger partial charge in [-0.25, -0.2) is 15.0 Å². The molecule has 4 heteroatoms. The maximum absolute atomic E-state index is 5.72. The number of para-hydroxylation sites is 1. The number of fused-ring (bicyclic) bond motifs is 11. The average Bonchev–Trinajstić information content (AvgIpc) is 3.72. The van der Waals surface area contributed by atoms with Gasteiger partial charge in [0.25, 0.3) is 0 Å². The van der Waals surface area contributed by atoms with Gasteiger partial charge in [0.15, 0.2) is 5.82 Å². The molecular formula is C55H33N3S. The molecule has 274 valence electrons. The molecule has 0 unspecified atom stereocenters. The lowest BCUT2D eigenvalue weighted by Gasteiger charge is -2.15. The van der Waals surface area contributed by atoms with Crippen molar-refractivity contribution in [1.29, 1.82) is 0 Å². The highest BCUT2D eigenvalue weighted by atomic mass is 32.1. The predicted molar refractivity (Wildman–Crippen MR) is 250 cm³/mol. The van der Waals surface area contributed by atoms with Crippen LogP contribution in [0.25, 0.3) is 120 Å². The molecule has 3 aromatic heterocycles. The van der Waals surface area contributed by atoms with E-state index in [-0.39, 0.29) is 0 Å². The van der Waals surface area contributed by atoms with Crippen LogP contribution in [-0.2, 0) is 0 Å². The third-order valence-electron chi connectivity index (χ3n) is 11.7. The SMILES string of the molecule is c1ccc(-c2ccc(-c3nc(-c4ccccc4)cc(-c4cccc5c4nc(-c4ccc6c7ccccc7c7ccccc7c6c4)c4c6ccccc6sc54)n3)cc2)cc1. The molecular weight excluding hydrogens is 735 g/mol. The maximum Gasteiger partial charge on any atom is 0.160 e. The fraction of sp³-hybridized carbons (Fsp3) is 0. The third kappa shape index (κ3) is 5.53. The lowest BCUT2D eigenvalue weighted by Crippen LogP contribution is -1.97. The van der Waals surface area contributed by atoms with Crippen LogP contribution in [0.4, 0.5) is 0 Å². The minimum atomic E-state index is 0.676. The van der Waals surface area contributed by atoms with E-state index < -0.39 is 0 Å². The van der Waals surface area contributed by atoms with E-state index >= 15 is 0 Å². The van der Waals surface area contributed by atoms with Crippen molar-refractivity contribution < 1.29 is 0 Å². The monoisotopic (exact) mass is 767 g/mol. The molecule has 0 aliphatic heterocycles. The molecule has 12 rings (SSSR count). The standard InChI is InChI=1S/C55H33N3S/c1-3-14-34(15-4-1)35-26-28-37(29-27-35)55-56-48(36-16-5-2-6-17-36)33-49(57-55)44-23-13-24-46-53(44)58-52(51-45-22-11-12-25-50(45)59-54(46)51)38-30-31-43-41-20-8-7-18-39(41)40-19-9-10-21-42(40)47(43)32-38/h1-33H. The summed E-state index contributed by atoms with van der Waals surface area (Å²) in [6, 6.07) is 71.3. The summed E-state index contributed by atoms with van der Waals surface area (Å²) in [5.74, 6) is 0.676. The molecule has 3 heterocycles. The van der Waals surface area contributed by atoms with Crippen molar-refractivity contribution in [2.75, 3.05) is 0 Å². The van der Waals surface area contributed by atoms with Crippen LogP contribution in [0, 0.1) is 0 Å². The second-order valence-corrected chi connectivity index (χ2v) is 16.1. The van der Waals surface area contributed by atoms with Gasteiger partial charge in [0.2, 0.25) is 0 Å². The smallest absolute Gasteiger partial charge is 0.160 e. The predicted octanol–water partition coefficient (Wildman–Crippen LogP) is 15.2. The van der Waals surface area contributed by atoms with E-state index in [0.29, 0.717) is 5.82 Å². The molecule has 0 spiro atoms. The van der Waals surface area contributed by atoms with Gasteiger partial charge in [0.1, 0.15) is 0 Å². The summed E-state index contributed by atoms with van der Waals surface area (Å²) in [7, 11) is 0. The second kappa shape index (κ2) is 13.6. The van der Waals surface area contributed by atoms with Crippen molar-refractivity contribution in [2.45, 2.75) is 0 Å². The largest absolute Gasteiger partial charge is 0.246 e. The fourth-order valence-corrected chi connectivity index (χ4v) is 10.1. The Morgan fingerprint density at radius 2 is 0.847 bits per heavy atom. The Hall–Kier alpha value is -7.53. The van der Waals surface area contributed by atoms with Gasteiger partial charge in [-0.05, 0) is 61.6 Å². The van der Waals surface area contributed by atoms with Gasteiger partial charge in [-0.15, -0.1) is 11.3 Å².